The monoisotopic (exact) mass is 180 g/mol. The fourth-order valence-electron chi connectivity index (χ4n) is 1.18. The molecule has 0 bridgehead atoms. The summed E-state index contributed by atoms with van der Waals surface area (Å²) in [5.41, 5.74) is 8.48. The van der Waals surface area contributed by atoms with Crippen LogP contribution in [0.4, 0.5) is 11.4 Å². The van der Waals surface area contributed by atoms with Crippen LogP contribution in [0.5, 0.6) is 0 Å². The standard InChI is InChI=1S/C10H16N2O/c1-7-3-9(11)5-10(4-7)12-6-8(2)13/h3-5,8,12-13H,6,11H2,1-2H3. The average molecular weight is 180 g/mol. The Bertz CT molecular complexity index is 264. The summed E-state index contributed by atoms with van der Waals surface area (Å²) >= 11 is 0. The molecule has 72 valence electrons. The van der Waals surface area contributed by atoms with Gasteiger partial charge in [0.15, 0.2) is 0 Å². The van der Waals surface area contributed by atoms with Crippen molar-refractivity contribution in [2.45, 2.75) is 20.0 Å². The minimum atomic E-state index is -0.346. The number of hydrogen-bond donors (Lipinski definition) is 3. The molecule has 0 amide bonds. The predicted molar refractivity (Wildman–Crippen MR) is 55.8 cm³/mol. The predicted octanol–water partition coefficient (Wildman–Crippen LogP) is 1.37. The molecule has 0 aliphatic heterocycles. The molecule has 0 aromatic heterocycles. The van der Waals surface area contributed by atoms with E-state index in [1.165, 1.54) is 0 Å². The Morgan fingerprint density at radius 1 is 1.46 bits per heavy atom. The second-order valence-corrected chi connectivity index (χ2v) is 3.36. The molecule has 4 N–H and O–H groups in total. The summed E-state index contributed by atoms with van der Waals surface area (Å²) in [6, 6.07) is 5.77. The fourth-order valence-corrected chi connectivity index (χ4v) is 1.18. The summed E-state index contributed by atoms with van der Waals surface area (Å²) < 4.78 is 0. The summed E-state index contributed by atoms with van der Waals surface area (Å²) in [6.45, 7) is 4.28. The van der Waals surface area contributed by atoms with Crippen molar-refractivity contribution in [1.82, 2.24) is 0 Å². The van der Waals surface area contributed by atoms with E-state index in [0.29, 0.717) is 6.54 Å². The van der Waals surface area contributed by atoms with Crippen LogP contribution in [0, 0.1) is 6.92 Å². The summed E-state index contributed by atoms with van der Waals surface area (Å²) in [4.78, 5) is 0. The molecule has 0 spiro atoms. The van der Waals surface area contributed by atoms with Crippen molar-refractivity contribution in [3.63, 3.8) is 0 Å². The van der Waals surface area contributed by atoms with Crippen LogP contribution in [0.2, 0.25) is 0 Å². The van der Waals surface area contributed by atoms with Crippen molar-refractivity contribution in [1.29, 1.82) is 0 Å². The largest absolute Gasteiger partial charge is 0.399 e. The number of anilines is 2. The maximum atomic E-state index is 9.06. The molecule has 3 heteroatoms. The minimum Gasteiger partial charge on any atom is -0.399 e. The molecule has 0 aliphatic carbocycles. The van der Waals surface area contributed by atoms with Gasteiger partial charge in [0, 0.05) is 17.9 Å². The average Bonchev–Trinajstić information content (AvgIpc) is 1.99. The van der Waals surface area contributed by atoms with Gasteiger partial charge in [-0.15, -0.1) is 0 Å². The van der Waals surface area contributed by atoms with Crippen LogP contribution >= 0.6 is 0 Å². The zero-order chi connectivity index (χ0) is 9.84. The molecule has 0 heterocycles. The van der Waals surface area contributed by atoms with E-state index in [-0.39, 0.29) is 6.10 Å². The Kier molecular flexibility index (Phi) is 3.14. The number of nitrogens with two attached hydrogens (primary N) is 1. The number of aliphatic hydroxyl groups excluding tert-OH is 1. The van der Waals surface area contributed by atoms with Crippen LogP contribution in [-0.4, -0.2) is 17.8 Å². The van der Waals surface area contributed by atoms with Crippen LogP contribution in [0.15, 0.2) is 18.2 Å². The topological polar surface area (TPSA) is 58.3 Å². The molecular weight excluding hydrogens is 164 g/mol. The summed E-state index contributed by atoms with van der Waals surface area (Å²) in [5.74, 6) is 0. The van der Waals surface area contributed by atoms with Crippen molar-refractivity contribution in [3.8, 4) is 0 Å². The zero-order valence-corrected chi connectivity index (χ0v) is 8.04. The van der Waals surface area contributed by atoms with Gasteiger partial charge in [0.25, 0.3) is 0 Å². The lowest BCUT2D eigenvalue weighted by molar-refractivity contribution is 0.208. The smallest absolute Gasteiger partial charge is 0.0684 e. The van der Waals surface area contributed by atoms with Crippen molar-refractivity contribution in [2.75, 3.05) is 17.6 Å². The first-order valence-electron chi connectivity index (χ1n) is 4.37. The zero-order valence-electron chi connectivity index (χ0n) is 8.04. The lowest BCUT2D eigenvalue weighted by atomic mass is 10.2. The summed E-state index contributed by atoms with van der Waals surface area (Å²) in [5, 5.41) is 12.2. The lowest BCUT2D eigenvalue weighted by Gasteiger charge is -2.09. The third-order valence-corrected chi connectivity index (χ3v) is 1.70. The molecule has 0 saturated heterocycles. The summed E-state index contributed by atoms with van der Waals surface area (Å²) in [6.07, 6.45) is -0.346. The van der Waals surface area contributed by atoms with Gasteiger partial charge in [-0.3, -0.25) is 0 Å². The highest BCUT2D eigenvalue weighted by molar-refractivity contribution is 5.56. The maximum absolute atomic E-state index is 9.06. The Labute approximate surface area is 78.6 Å². The first kappa shape index (κ1) is 9.86. The van der Waals surface area contributed by atoms with E-state index in [1.807, 2.05) is 25.1 Å². The Balaban J connectivity index is 2.66. The second-order valence-electron chi connectivity index (χ2n) is 3.36. The minimum absolute atomic E-state index is 0.346. The number of aliphatic hydroxyl groups is 1. The third-order valence-electron chi connectivity index (χ3n) is 1.70. The SMILES string of the molecule is Cc1cc(N)cc(NCC(C)O)c1. The Hall–Kier alpha value is -1.22. The van der Waals surface area contributed by atoms with E-state index in [4.69, 9.17) is 10.8 Å². The first-order chi connectivity index (χ1) is 6.08. The van der Waals surface area contributed by atoms with Gasteiger partial charge in [-0.2, -0.15) is 0 Å². The summed E-state index contributed by atoms with van der Waals surface area (Å²) in [7, 11) is 0. The number of benzene rings is 1. The molecular formula is C10H16N2O. The highest BCUT2D eigenvalue weighted by atomic mass is 16.3. The third kappa shape index (κ3) is 3.34. The van der Waals surface area contributed by atoms with Crippen molar-refractivity contribution < 1.29 is 5.11 Å². The molecule has 0 radical (unpaired) electrons. The highest BCUT2D eigenvalue weighted by Crippen LogP contribution is 2.15. The van der Waals surface area contributed by atoms with Crippen LogP contribution < -0.4 is 11.1 Å². The van der Waals surface area contributed by atoms with Crippen LogP contribution in [0.25, 0.3) is 0 Å². The highest BCUT2D eigenvalue weighted by Gasteiger charge is 1.97. The molecule has 1 aromatic carbocycles. The van der Waals surface area contributed by atoms with E-state index in [0.717, 1.165) is 16.9 Å². The van der Waals surface area contributed by atoms with Gasteiger partial charge in [-0.05, 0) is 37.6 Å². The number of aryl methyl sites for hydroxylation is 1. The van der Waals surface area contributed by atoms with Gasteiger partial charge in [0.05, 0.1) is 6.10 Å². The molecule has 0 fully saturated rings. The van der Waals surface area contributed by atoms with Gasteiger partial charge in [0.2, 0.25) is 0 Å². The molecule has 1 aromatic rings. The van der Waals surface area contributed by atoms with Crippen molar-refractivity contribution in [3.05, 3.63) is 23.8 Å². The normalized spacial score (nSPS) is 12.5. The number of hydrogen-bond acceptors (Lipinski definition) is 3. The van der Waals surface area contributed by atoms with Crippen molar-refractivity contribution in [2.24, 2.45) is 0 Å². The molecule has 3 nitrogen and oxygen atoms in total. The van der Waals surface area contributed by atoms with E-state index in [1.54, 1.807) is 6.92 Å². The lowest BCUT2D eigenvalue weighted by Crippen LogP contribution is -2.15. The molecule has 0 saturated carbocycles. The second kappa shape index (κ2) is 4.14. The fraction of sp³-hybridized carbons (Fsp3) is 0.400. The quantitative estimate of drug-likeness (QED) is 0.616. The number of rotatable bonds is 3. The van der Waals surface area contributed by atoms with Gasteiger partial charge in [0.1, 0.15) is 0 Å². The van der Waals surface area contributed by atoms with Crippen LogP contribution in [0.1, 0.15) is 12.5 Å². The molecule has 1 rings (SSSR count). The van der Waals surface area contributed by atoms with Gasteiger partial charge < -0.3 is 16.2 Å². The van der Waals surface area contributed by atoms with Crippen LogP contribution in [0.3, 0.4) is 0 Å². The van der Waals surface area contributed by atoms with Crippen molar-refractivity contribution >= 4 is 11.4 Å². The first-order valence-corrected chi connectivity index (χ1v) is 4.37. The number of nitrogens with one attached hydrogen (secondary N) is 1. The van der Waals surface area contributed by atoms with E-state index < -0.39 is 0 Å². The van der Waals surface area contributed by atoms with Gasteiger partial charge in [-0.1, -0.05) is 0 Å². The van der Waals surface area contributed by atoms with E-state index in [2.05, 4.69) is 5.32 Å². The Morgan fingerprint density at radius 2 is 2.15 bits per heavy atom. The number of nitrogen functional groups attached to an aromatic ring is 1. The molecule has 13 heavy (non-hydrogen) atoms. The van der Waals surface area contributed by atoms with E-state index in [9.17, 15) is 0 Å². The molecule has 0 aliphatic rings. The van der Waals surface area contributed by atoms with Gasteiger partial charge in [-0.25, -0.2) is 0 Å². The molecule has 1 unspecified atom stereocenters. The molecule has 1 atom stereocenters. The van der Waals surface area contributed by atoms with Crippen LogP contribution in [-0.2, 0) is 0 Å². The van der Waals surface area contributed by atoms with E-state index >= 15 is 0 Å². The maximum Gasteiger partial charge on any atom is 0.0684 e. The Morgan fingerprint density at radius 3 is 2.69 bits per heavy atom. The van der Waals surface area contributed by atoms with Gasteiger partial charge >= 0.3 is 0 Å².